The molecule has 2 heterocycles. The molecule has 7 heteroatoms. The Morgan fingerprint density at radius 2 is 2.04 bits per heavy atom. The maximum atomic E-state index is 12.2. The molecule has 1 aliphatic carbocycles. The first-order chi connectivity index (χ1) is 11.2. The van der Waals surface area contributed by atoms with Crippen molar-refractivity contribution in [3.63, 3.8) is 0 Å². The topological polar surface area (TPSA) is 84.4 Å². The molecule has 7 nitrogen and oxygen atoms in total. The van der Waals surface area contributed by atoms with E-state index in [4.69, 9.17) is 4.74 Å². The molecule has 0 spiro atoms. The second-order valence-corrected chi connectivity index (χ2v) is 5.96. The third kappa shape index (κ3) is 4.25. The van der Waals surface area contributed by atoms with Crippen LogP contribution in [0, 0.1) is 5.92 Å². The van der Waals surface area contributed by atoms with Gasteiger partial charge in [0.1, 0.15) is 17.4 Å². The van der Waals surface area contributed by atoms with Crippen LogP contribution >= 0.6 is 0 Å². The molecule has 1 aliphatic heterocycles. The number of anilines is 1. The van der Waals surface area contributed by atoms with Gasteiger partial charge in [-0.15, -0.1) is 0 Å². The van der Waals surface area contributed by atoms with Crippen molar-refractivity contribution in [3.8, 4) is 0 Å². The van der Waals surface area contributed by atoms with Gasteiger partial charge in [0.05, 0.1) is 19.8 Å². The summed E-state index contributed by atoms with van der Waals surface area (Å²) in [6.45, 7) is 3.37. The van der Waals surface area contributed by atoms with Gasteiger partial charge in [-0.3, -0.25) is 9.59 Å². The molecular formula is C16H22N4O3. The molecule has 0 aromatic carbocycles. The molecule has 1 aromatic heterocycles. The van der Waals surface area contributed by atoms with E-state index in [1.54, 1.807) is 6.20 Å². The average molecular weight is 318 g/mol. The minimum atomic E-state index is -0.0601. The van der Waals surface area contributed by atoms with Crippen molar-refractivity contribution >= 4 is 17.5 Å². The number of nitrogens with one attached hydrogen (secondary N) is 1. The molecule has 1 amide bonds. The van der Waals surface area contributed by atoms with Crippen LogP contribution in [0.15, 0.2) is 12.3 Å². The van der Waals surface area contributed by atoms with Crippen LogP contribution in [0.5, 0.6) is 0 Å². The highest BCUT2D eigenvalue weighted by Crippen LogP contribution is 2.21. The summed E-state index contributed by atoms with van der Waals surface area (Å²) < 4.78 is 5.34. The van der Waals surface area contributed by atoms with Crippen molar-refractivity contribution in [2.45, 2.75) is 32.2 Å². The minimum absolute atomic E-state index is 0.00197. The number of carbonyl (C=O) groups excluding carboxylic acids is 2. The van der Waals surface area contributed by atoms with E-state index >= 15 is 0 Å². The lowest BCUT2D eigenvalue weighted by molar-refractivity contribution is -0.128. The number of ketones is 1. The summed E-state index contributed by atoms with van der Waals surface area (Å²) >= 11 is 0. The van der Waals surface area contributed by atoms with E-state index in [2.05, 4.69) is 20.2 Å². The summed E-state index contributed by atoms with van der Waals surface area (Å²) in [6, 6.07) is 1.88. The van der Waals surface area contributed by atoms with Crippen molar-refractivity contribution in [2.24, 2.45) is 5.92 Å². The van der Waals surface area contributed by atoms with Crippen molar-refractivity contribution in [2.75, 3.05) is 31.2 Å². The average Bonchev–Trinajstić information content (AvgIpc) is 2.61. The number of nitrogens with zero attached hydrogens (tertiary/aromatic N) is 3. The lowest BCUT2D eigenvalue weighted by Crippen LogP contribution is -2.37. The van der Waals surface area contributed by atoms with Gasteiger partial charge in [-0.1, -0.05) is 0 Å². The summed E-state index contributed by atoms with van der Waals surface area (Å²) in [5.41, 5.74) is 0. The summed E-state index contributed by atoms with van der Waals surface area (Å²) in [6.07, 6.45) is 4.06. The molecule has 0 unspecified atom stereocenters. The molecular weight excluding hydrogens is 296 g/mol. The minimum Gasteiger partial charge on any atom is -0.378 e. The van der Waals surface area contributed by atoms with Gasteiger partial charge in [-0.05, 0) is 18.9 Å². The van der Waals surface area contributed by atoms with E-state index in [0.717, 1.165) is 18.9 Å². The first-order valence-corrected chi connectivity index (χ1v) is 8.16. The van der Waals surface area contributed by atoms with Crippen molar-refractivity contribution in [1.29, 1.82) is 0 Å². The Balaban J connectivity index is 1.53. The van der Waals surface area contributed by atoms with Crippen LogP contribution in [0.2, 0.25) is 0 Å². The zero-order valence-corrected chi connectivity index (χ0v) is 13.2. The summed E-state index contributed by atoms with van der Waals surface area (Å²) in [7, 11) is 0. The van der Waals surface area contributed by atoms with E-state index in [-0.39, 0.29) is 17.6 Å². The molecule has 2 aliphatic rings. The Kier molecular flexibility index (Phi) is 5.17. The van der Waals surface area contributed by atoms with Gasteiger partial charge in [0.15, 0.2) is 0 Å². The van der Waals surface area contributed by atoms with Crippen molar-refractivity contribution in [1.82, 2.24) is 15.3 Å². The molecule has 2 fully saturated rings. The van der Waals surface area contributed by atoms with E-state index < -0.39 is 0 Å². The van der Waals surface area contributed by atoms with Crippen molar-refractivity contribution in [3.05, 3.63) is 18.1 Å². The zero-order valence-electron chi connectivity index (χ0n) is 13.2. The molecule has 1 saturated heterocycles. The third-order valence-corrected chi connectivity index (χ3v) is 4.36. The predicted octanol–water partition coefficient (Wildman–Crippen LogP) is 0.689. The van der Waals surface area contributed by atoms with Gasteiger partial charge in [0.2, 0.25) is 5.91 Å². The SMILES string of the molecule is O=C1CCC(C(=O)NCc2nccc(N3CCOCC3)n2)CC1. The van der Waals surface area contributed by atoms with Gasteiger partial charge in [-0.25, -0.2) is 9.97 Å². The van der Waals surface area contributed by atoms with Gasteiger partial charge < -0.3 is 15.0 Å². The molecule has 1 saturated carbocycles. The number of amides is 1. The molecule has 0 atom stereocenters. The quantitative estimate of drug-likeness (QED) is 0.879. The Hall–Kier alpha value is -2.02. The first kappa shape index (κ1) is 15.9. The van der Waals surface area contributed by atoms with E-state index in [1.165, 1.54) is 0 Å². The number of hydrogen-bond donors (Lipinski definition) is 1. The lowest BCUT2D eigenvalue weighted by atomic mass is 9.88. The molecule has 1 N–H and O–H groups in total. The van der Waals surface area contributed by atoms with Crippen molar-refractivity contribution < 1.29 is 14.3 Å². The Morgan fingerprint density at radius 1 is 1.30 bits per heavy atom. The van der Waals surface area contributed by atoms with Gasteiger partial charge in [0, 0.05) is 38.0 Å². The smallest absolute Gasteiger partial charge is 0.223 e. The van der Waals surface area contributed by atoms with Crippen LogP contribution in [0.4, 0.5) is 5.82 Å². The maximum absolute atomic E-state index is 12.2. The Labute approximate surface area is 135 Å². The number of hydrogen-bond acceptors (Lipinski definition) is 6. The Bertz CT molecular complexity index is 562. The summed E-state index contributed by atoms with van der Waals surface area (Å²) in [5, 5.41) is 2.90. The van der Waals surface area contributed by atoms with Crippen LogP contribution in [-0.4, -0.2) is 48.0 Å². The highest BCUT2D eigenvalue weighted by molar-refractivity contribution is 5.84. The number of morpholine rings is 1. The largest absolute Gasteiger partial charge is 0.378 e. The number of Topliss-reactive ketones (excluding diaryl/α,β-unsaturated/α-hetero) is 1. The van der Waals surface area contributed by atoms with Gasteiger partial charge in [-0.2, -0.15) is 0 Å². The first-order valence-electron chi connectivity index (χ1n) is 8.16. The summed E-state index contributed by atoms with van der Waals surface area (Å²) in [5.74, 6) is 1.67. The highest BCUT2D eigenvalue weighted by Gasteiger charge is 2.24. The lowest BCUT2D eigenvalue weighted by Gasteiger charge is -2.27. The van der Waals surface area contributed by atoms with E-state index in [9.17, 15) is 9.59 Å². The van der Waals surface area contributed by atoms with Crippen LogP contribution in [0.3, 0.4) is 0 Å². The fourth-order valence-electron chi connectivity index (χ4n) is 2.95. The van der Waals surface area contributed by atoms with Crippen LogP contribution in [-0.2, 0) is 20.9 Å². The van der Waals surface area contributed by atoms with Crippen LogP contribution in [0.1, 0.15) is 31.5 Å². The monoisotopic (exact) mass is 318 g/mol. The van der Waals surface area contributed by atoms with Crippen LogP contribution < -0.4 is 10.2 Å². The van der Waals surface area contributed by atoms with Gasteiger partial charge in [0.25, 0.3) is 0 Å². The van der Waals surface area contributed by atoms with E-state index in [0.29, 0.717) is 51.3 Å². The number of ether oxygens (including phenoxy) is 1. The number of carbonyl (C=O) groups is 2. The second-order valence-electron chi connectivity index (χ2n) is 5.96. The standard InChI is InChI=1S/C16H22N4O3/c21-13-3-1-12(2-4-13)16(22)18-11-14-17-6-5-15(19-14)20-7-9-23-10-8-20/h5-6,12H,1-4,7-11H2,(H,18,22). The Morgan fingerprint density at radius 3 is 2.78 bits per heavy atom. The fourth-order valence-corrected chi connectivity index (χ4v) is 2.95. The molecule has 3 rings (SSSR count). The normalized spacial score (nSPS) is 19.7. The molecule has 124 valence electrons. The molecule has 0 radical (unpaired) electrons. The number of aromatic nitrogens is 2. The maximum Gasteiger partial charge on any atom is 0.223 e. The highest BCUT2D eigenvalue weighted by atomic mass is 16.5. The predicted molar refractivity (Wildman–Crippen MR) is 83.9 cm³/mol. The van der Waals surface area contributed by atoms with E-state index in [1.807, 2.05) is 6.07 Å². The summed E-state index contributed by atoms with van der Waals surface area (Å²) in [4.78, 5) is 34.3. The third-order valence-electron chi connectivity index (χ3n) is 4.36. The zero-order chi connectivity index (χ0) is 16.1. The van der Waals surface area contributed by atoms with Crippen LogP contribution in [0.25, 0.3) is 0 Å². The second kappa shape index (κ2) is 7.50. The number of rotatable bonds is 4. The molecule has 0 bridgehead atoms. The molecule has 1 aromatic rings. The molecule has 23 heavy (non-hydrogen) atoms. The van der Waals surface area contributed by atoms with Gasteiger partial charge >= 0.3 is 0 Å². The fraction of sp³-hybridized carbons (Fsp3) is 0.625.